The maximum absolute atomic E-state index is 13.7. The number of aromatic hydroxyl groups is 2. The van der Waals surface area contributed by atoms with Crippen molar-refractivity contribution in [1.82, 2.24) is 10.2 Å². The lowest BCUT2D eigenvalue weighted by atomic mass is 9.72. The Bertz CT molecular complexity index is 1060. The molecule has 218 valence electrons. The Balaban J connectivity index is 1.70. The van der Waals surface area contributed by atoms with Crippen molar-refractivity contribution in [3.8, 4) is 11.5 Å². The number of esters is 1. The van der Waals surface area contributed by atoms with Gasteiger partial charge < -0.3 is 30.3 Å². The van der Waals surface area contributed by atoms with Crippen molar-refractivity contribution in [2.75, 3.05) is 6.54 Å². The van der Waals surface area contributed by atoms with E-state index >= 15 is 0 Å². The maximum Gasteiger partial charge on any atom is 0.329 e. The highest BCUT2D eigenvalue weighted by molar-refractivity contribution is 5.92. The number of phenolic OH excluding ortho intramolecular Hbond substituents is 2. The van der Waals surface area contributed by atoms with Crippen LogP contribution in [0.3, 0.4) is 0 Å². The molecule has 0 radical (unpaired) electrons. The van der Waals surface area contributed by atoms with E-state index in [0.29, 0.717) is 37.3 Å². The van der Waals surface area contributed by atoms with Gasteiger partial charge in [-0.1, -0.05) is 47.1 Å². The third-order valence-corrected chi connectivity index (χ3v) is 9.07. The molecule has 3 rings (SSSR count). The van der Waals surface area contributed by atoms with Crippen LogP contribution in [-0.4, -0.2) is 68.3 Å². The molecular weight excluding hydrogens is 500 g/mol. The lowest BCUT2D eigenvalue weighted by molar-refractivity contribution is -0.176. The Hall–Kier alpha value is -2.81. The topological polar surface area (TPSA) is 136 Å². The minimum absolute atomic E-state index is 0.0719. The summed E-state index contributed by atoms with van der Waals surface area (Å²) in [5.74, 6) is -1.58. The van der Waals surface area contributed by atoms with Crippen LogP contribution in [0.1, 0.15) is 85.6 Å². The zero-order chi connectivity index (χ0) is 29.1. The van der Waals surface area contributed by atoms with E-state index in [2.05, 4.69) is 26.1 Å². The number of phenols is 2. The molecule has 1 heterocycles. The Morgan fingerprint density at radius 1 is 1.13 bits per heavy atom. The molecule has 4 N–H and O–H groups in total. The van der Waals surface area contributed by atoms with E-state index in [4.69, 9.17) is 4.74 Å². The van der Waals surface area contributed by atoms with Crippen molar-refractivity contribution in [2.24, 2.45) is 17.3 Å². The van der Waals surface area contributed by atoms with Gasteiger partial charge in [0.2, 0.25) is 11.8 Å². The molecule has 39 heavy (non-hydrogen) atoms. The van der Waals surface area contributed by atoms with Crippen LogP contribution in [0.15, 0.2) is 18.2 Å². The SMILES string of the molecule is CC[C@@H]1CCC(C)(OC(=O)C2CCCN2C(=O)C(CC(C)C)NC(=O)C(O)Cc2ccc(O)c(O)c2)C1(C)C. The molecular formula is C30H46N2O7. The van der Waals surface area contributed by atoms with Crippen molar-refractivity contribution < 1.29 is 34.4 Å². The monoisotopic (exact) mass is 546 g/mol. The second-order valence-electron chi connectivity index (χ2n) is 12.4. The third kappa shape index (κ3) is 6.68. The van der Waals surface area contributed by atoms with E-state index in [1.807, 2.05) is 20.8 Å². The number of aliphatic hydroxyl groups is 1. The van der Waals surface area contributed by atoms with E-state index in [9.17, 15) is 29.7 Å². The van der Waals surface area contributed by atoms with Gasteiger partial charge in [-0.25, -0.2) is 4.79 Å². The molecule has 1 aromatic rings. The van der Waals surface area contributed by atoms with Crippen LogP contribution in [-0.2, 0) is 25.5 Å². The summed E-state index contributed by atoms with van der Waals surface area (Å²) in [5, 5.41) is 32.4. The Morgan fingerprint density at radius 2 is 1.82 bits per heavy atom. The second-order valence-corrected chi connectivity index (χ2v) is 12.4. The van der Waals surface area contributed by atoms with Gasteiger partial charge in [-0.15, -0.1) is 0 Å². The van der Waals surface area contributed by atoms with Crippen molar-refractivity contribution in [3.63, 3.8) is 0 Å². The molecule has 2 amide bonds. The molecule has 1 aromatic carbocycles. The van der Waals surface area contributed by atoms with E-state index in [-0.39, 0.29) is 35.2 Å². The van der Waals surface area contributed by atoms with E-state index in [1.165, 1.54) is 23.1 Å². The number of rotatable bonds is 10. The molecule has 0 bridgehead atoms. The van der Waals surface area contributed by atoms with Gasteiger partial charge in [0.1, 0.15) is 23.8 Å². The molecule has 0 spiro atoms. The number of hydrogen-bond acceptors (Lipinski definition) is 7. The average molecular weight is 547 g/mol. The van der Waals surface area contributed by atoms with Gasteiger partial charge in [-0.3, -0.25) is 9.59 Å². The Morgan fingerprint density at radius 3 is 2.41 bits per heavy atom. The van der Waals surface area contributed by atoms with E-state index in [1.54, 1.807) is 0 Å². The van der Waals surface area contributed by atoms with Crippen LogP contribution in [0.4, 0.5) is 0 Å². The van der Waals surface area contributed by atoms with Crippen LogP contribution in [0.5, 0.6) is 11.5 Å². The molecule has 1 saturated heterocycles. The van der Waals surface area contributed by atoms with Crippen molar-refractivity contribution >= 4 is 17.8 Å². The first-order valence-electron chi connectivity index (χ1n) is 14.2. The van der Waals surface area contributed by atoms with Gasteiger partial charge in [0.25, 0.3) is 0 Å². The normalized spacial score (nSPS) is 25.9. The first-order chi connectivity index (χ1) is 18.2. The number of likely N-dealkylation sites (tertiary alicyclic amines) is 1. The quantitative estimate of drug-likeness (QED) is 0.260. The van der Waals surface area contributed by atoms with Gasteiger partial charge in [-0.2, -0.15) is 0 Å². The fourth-order valence-corrected chi connectivity index (χ4v) is 6.20. The molecule has 2 fully saturated rings. The maximum atomic E-state index is 13.7. The van der Waals surface area contributed by atoms with Gasteiger partial charge in [0.05, 0.1) is 0 Å². The summed E-state index contributed by atoms with van der Waals surface area (Å²) in [5.41, 5.74) is -0.334. The zero-order valence-corrected chi connectivity index (χ0v) is 24.2. The lowest BCUT2D eigenvalue weighted by Crippen LogP contribution is -2.55. The number of benzene rings is 1. The van der Waals surface area contributed by atoms with Crippen LogP contribution >= 0.6 is 0 Å². The summed E-state index contributed by atoms with van der Waals surface area (Å²) in [4.78, 5) is 41.6. The predicted molar refractivity (Wildman–Crippen MR) is 147 cm³/mol. The summed E-state index contributed by atoms with van der Waals surface area (Å²) < 4.78 is 6.18. The van der Waals surface area contributed by atoms with Crippen molar-refractivity contribution in [1.29, 1.82) is 0 Å². The number of carbonyl (C=O) groups excluding carboxylic acids is 3. The predicted octanol–water partition coefficient (Wildman–Crippen LogP) is 3.67. The number of nitrogens with zero attached hydrogens (tertiary/aromatic N) is 1. The second kappa shape index (κ2) is 12.1. The molecule has 9 heteroatoms. The standard InChI is InChI=1S/C30H46N2O7/c1-7-20-12-13-30(6,29(20,4)5)39-28(38)22-9-8-14-32(22)27(37)21(15-18(2)3)31-26(36)25(35)17-19-10-11-23(33)24(34)16-19/h10-11,16,18,20-22,25,33-35H,7-9,12-15,17H2,1-6H3,(H,31,36)/t20-,21?,22?,25?,30?/m1/s1. The number of aliphatic hydroxyl groups excluding tert-OH is 1. The fraction of sp³-hybridized carbons (Fsp3) is 0.700. The number of ether oxygens (including phenoxy) is 1. The average Bonchev–Trinajstić information content (AvgIpc) is 3.43. The number of nitrogens with one attached hydrogen (secondary N) is 1. The van der Waals surface area contributed by atoms with Crippen molar-refractivity contribution in [2.45, 2.75) is 110 Å². The Kier molecular flexibility index (Phi) is 9.57. The summed E-state index contributed by atoms with van der Waals surface area (Å²) in [6.45, 7) is 12.7. The van der Waals surface area contributed by atoms with Crippen molar-refractivity contribution in [3.05, 3.63) is 23.8 Å². The fourth-order valence-electron chi connectivity index (χ4n) is 6.20. The Labute approximate surface area is 231 Å². The van der Waals surface area contributed by atoms with Gasteiger partial charge in [0, 0.05) is 18.4 Å². The summed E-state index contributed by atoms with van der Waals surface area (Å²) in [6.07, 6.45) is 2.75. The number of amides is 2. The summed E-state index contributed by atoms with van der Waals surface area (Å²) in [7, 11) is 0. The lowest BCUT2D eigenvalue weighted by Gasteiger charge is -2.42. The molecule has 9 nitrogen and oxygen atoms in total. The highest BCUT2D eigenvalue weighted by atomic mass is 16.6. The minimum Gasteiger partial charge on any atom is -0.504 e. The first kappa shape index (κ1) is 30.7. The van der Waals surface area contributed by atoms with Gasteiger partial charge in [0.15, 0.2) is 11.5 Å². The highest BCUT2D eigenvalue weighted by Gasteiger charge is 2.54. The number of hydrogen-bond donors (Lipinski definition) is 4. The van der Waals surface area contributed by atoms with E-state index < -0.39 is 35.7 Å². The molecule has 1 aliphatic carbocycles. The molecule has 1 saturated carbocycles. The van der Waals surface area contributed by atoms with E-state index in [0.717, 1.165) is 19.3 Å². The van der Waals surface area contributed by atoms with Gasteiger partial charge >= 0.3 is 5.97 Å². The molecule has 5 atom stereocenters. The molecule has 4 unspecified atom stereocenters. The van der Waals surface area contributed by atoms with Crippen LogP contribution < -0.4 is 5.32 Å². The van der Waals surface area contributed by atoms with Gasteiger partial charge in [-0.05, 0) is 68.6 Å². The minimum atomic E-state index is -1.47. The molecule has 1 aliphatic heterocycles. The molecule has 0 aromatic heterocycles. The van der Waals surface area contributed by atoms with Crippen LogP contribution in [0.2, 0.25) is 0 Å². The largest absolute Gasteiger partial charge is 0.504 e. The first-order valence-corrected chi connectivity index (χ1v) is 14.2. The number of carbonyl (C=O) groups is 3. The summed E-state index contributed by atoms with van der Waals surface area (Å²) in [6, 6.07) is 2.44. The summed E-state index contributed by atoms with van der Waals surface area (Å²) >= 11 is 0. The van der Waals surface area contributed by atoms with Crippen LogP contribution in [0.25, 0.3) is 0 Å². The zero-order valence-electron chi connectivity index (χ0n) is 24.2. The van der Waals surface area contributed by atoms with Crippen LogP contribution in [0, 0.1) is 17.3 Å². The highest BCUT2D eigenvalue weighted by Crippen LogP contribution is 2.53. The third-order valence-electron chi connectivity index (χ3n) is 9.07. The molecule has 2 aliphatic rings. The smallest absolute Gasteiger partial charge is 0.329 e.